The molecule has 0 amide bonds. The van der Waals surface area contributed by atoms with E-state index in [1.165, 1.54) is 27.9 Å². The number of aryl methyl sites for hydroxylation is 3. The van der Waals surface area contributed by atoms with Crippen molar-refractivity contribution < 1.29 is 0 Å². The zero-order chi connectivity index (χ0) is 18.3. The van der Waals surface area contributed by atoms with Crippen LogP contribution in [0.4, 0.5) is 11.5 Å². The molecule has 1 aromatic heterocycles. The maximum Gasteiger partial charge on any atom is 0.147 e. The van der Waals surface area contributed by atoms with Gasteiger partial charge in [-0.2, -0.15) is 0 Å². The van der Waals surface area contributed by atoms with E-state index >= 15 is 0 Å². The van der Waals surface area contributed by atoms with Gasteiger partial charge in [-0.05, 0) is 68.1 Å². The van der Waals surface area contributed by atoms with Gasteiger partial charge in [0, 0.05) is 31.9 Å². The molecule has 3 aromatic rings. The monoisotopic (exact) mass is 346 g/mol. The van der Waals surface area contributed by atoms with Crippen molar-refractivity contribution in [2.24, 2.45) is 0 Å². The quantitative estimate of drug-likeness (QED) is 0.696. The molecule has 1 aliphatic heterocycles. The van der Waals surface area contributed by atoms with Crippen LogP contribution in [-0.4, -0.2) is 36.1 Å². The second-order valence-corrected chi connectivity index (χ2v) is 7.35. The van der Waals surface area contributed by atoms with E-state index in [2.05, 4.69) is 72.8 Å². The third-order valence-corrected chi connectivity index (χ3v) is 5.67. The van der Waals surface area contributed by atoms with Gasteiger partial charge in [0.2, 0.25) is 0 Å². The highest BCUT2D eigenvalue weighted by molar-refractivity contribution is 5.77. The lowest BCUT2D eigenvalue weighted by molar-refractivity contribution is 0.646. The lowest BCUT2D eigenvalue weighted by atomic mass is 10.1. The van der Waals surface area contributed by atoms with Gasteiger partial charge in [0.25, 0.3) is 0 Å². The summed E-state index contributed by atoms with van der Waals surface area (Å²) in [7, 11) is 0. The summed E-state index contributed by atoms with van der Waals surface area (Å²) in [5, 5.41) is 0. The molecule has 0 bridgehead atoms. The van der Waals surface area contributed by atoms with E-state index < -0.39 is 0 Å². The first-order valence-electron chi connectivity index (χ1n) is 9.33. The van der Waals surface area contributed by atoms with Gasteiger partial charge < -0.3 is 9.80 Å². The smallest absolute Gasteiger partial charge is 0.147 e. The van der Waals surface area contributed by atoms with Crippen LogP contribution in [0.5, 0.6) is 0 Å². The minimum absolute atomic E-state index is 0.971. The number of benzene rings is 2. The van der Waals surface area contributed by atoms with Crippen molar-refractivity contribution in [3.8, 4) is 0 Å². The Bertz CT molecular complexity index is 956. The molecule has 0 radical (unpaired) electrons. The molecule has 0 atom stereocenters. The van der Waals surface area contributed by atoms with Crippen LogP contribution in [0.3, 0.4) is 0 Å². The normalized spacial score (nSPS) is 14.9. The summed E-state index contributed by atoms with van der Waals surface area (Å²) >= 11 is 0. The molecule has 1 aliphatic rings. The first-order valence-corrected chi connectivity index (χ1v) is 9.33. The average molecular weight is 346 g/mol. The van der Waals surface area contributed by atoms with Crippen LogP contribution in [0.2, 0.25) is 0 Å². The van der Waals surface area contributed by atoms with Gasteiger partial charge in [0.15, 0.2) is 0 Å². The molecule has 134 valence electrons. The summed E-state index contributed by atoms with van der Waals surface area (Å²) < 4.78 is 0. The summed E-state index contributed by atoms with van der Waals surface area (Å²) in [4.78, 5) is 14.4. The maximum atomic E-state index is 4.88. The molecule has 0 spiro atoms. The first-order chi connectivity index (χ1) is 12.5. The van der Waals surface area contributed by atoms with Crippen molar-refractivity contribution >= 4 is 22.5 Å². The van der Waals surface area contributed by atoms with Gasteiger partial charge >= 0.3 is 0 Å². The standard InChI is InChI=1S/C22H26N4/c1-15-6-5-7-21(18(15)4)25-8-10-26(11-9-25)22-14-23-19-12-16(2)17(3)13-20(19)24-22/h5-7,12-14H,8-11H2,1-4H3. The Morgan fingerprint density at radius 2 is 1.42 bits per heavy atom. The lowest BCUT2D eigenvalue weighted by Gasteiger charge is -2.37. The van der Waals surface area contributed by atoms with E-state index in [4.69, 9.17) is 4.98 Å². The number of nitrogens with zero attached hydrogens (tertiary/aromatic N) is 4. The Morgan fingerprint density at radius 3 is 2.15 bits per heavy atom. The number of anilines is 2. The Balaban J connectivity index is 1.53. The van der Waals surface area contributed by atoms with Crippen molar-refractivity contribution in [3.05, 3.63) is 58.8 Å². The number of hydrogen-bond acceptors (Lipinski definition) is 4. The molecule has 1 saturated heterocycles. The fourth-order valence-corrected chi connectivity index (χ4v) is 3.67. The van der Waals surface area contributed by atoms with E-state index in [0.29, 0.717) is 0 Å². The van der Waals surface area contributed by atoms with Gasteiger partial charge in [0.1, 0.15) is 5.82 Å². The number of piperazine rings is 1. The van der Waals surface area contributed by atoms with Crippen molar-refractivity contribution in [1.82, 2.24) is 9.97 Å². The van der Waals surface area contributed by atoms with Crippen molar-refractivity contribution in [3.63, 3.8) is 0 Å². The van der Waals surface area contributed by atoms with Crippen LogP contribution in [0.25, 0.3) is 11.0 Å². The highest BCUT2D eigenvalue weighted by atomic mass is 15.3. The van der Waals surface area contributed by atoms with E-state index in [9.17, 15) is 0 Å². The van der Waals surface area contributed by atoms with Gasteiger partial charge in [-0.25, -0.2) is 4.98 Å². The predicted molar refractivity (Wildman–Crippen MR) is 109 cm³/mol. The number of aromatic nitrogens is 2. The molecule has 0 saturated carbocycles. The van der Waals surface area contributed by atoms with Crippen molar-refractivity contribution in [2.45, 2.75) is 27.7 Å². The summed E-state index contributed by atoms with van der Waals surface area (Å²) in [6, 6.07) is 10.8. The molecule has 0 aliphatic carbocycles. The Kier molecular flexibility index (Phi) is 4.27. The molecule has 4 nitrogen and oxygen atoms in total. The Labute approximate surface area is 155 Å². The number of rotatable bonds is 2. The second-order valence-electron chi connectivity index (χ2n) is 7.35. The number of fused-ring (bicyclic) bond motifs is 1. The first kappa shape index (κ1) is 16.8. The highest BCUT2D eigenvalue weighted by Gasteiger charge is 2.20. The van der Waals surface area contributed by atoms with Crippen molar-refractivity contribution in [2.75, 3.05) is 36.0 Å². The van der Waals surface area contributed by atoms with Crippen LogP contribution in [0.15, 0.2) is 36.5 Å². The third-order valence-electron chi connectivity index (χ3n) is 5.67. The van der Waals surface area contributed by atoms with Gasteiger partial charge in [0.05, 0.1) is 17.2 Å². The molecule has 4 heteroatoms. The molecule has 0 N–H and O–H groups in total. The highest BCUT2D eigenvalue weighted by Crippen LogP contribution is 2.25. The maximum absolute atomic E-state index is 4.88. The SMILES string of the molecule is Cc1cc2ncc(N3CCN(c4cccc(C)c4C)CC3)nc2cc1C. The molecule has 2 heterocycles. The minimum atomic E-state index is 0.971. The van der Waals surface area contributed by atoms with Gasteiger partial charge in [-0.15, -0.1) is 0 Å². The molecule has 2 aromatic carbocycles. The van der Waals surface area contributed by atoms with Gasteiger partial charge in [-0.1, -0.05) is 12.1 Å². The Hall–Kier alpha value is -2.62. The predicted octanol–water partition coefficient (Wildman–Crippen LogP) is 4.19. The molecular weight excluding hydrogens is 320 g/mol. The van der Waals surface area contributed by atoms with Crippen LogP contribution in [0, 0.1) is 27.7 Å². The zero-order valence-electron chi connectivity index (χ0n) is 16.1. The Morgan fingerprint density at radius 1 is 0.769 bits per heavy atom. The third kappa shape index (κ3) is 3.00. The van der Waals surface area contributed by atoms with Gasteiger partial charge in [-0.3, -0.25) is 4.98 Å². The van der Waals surface area contributed by atoms with E-state index in [1.54, 1.807) is 0 Å². The van der Waals surface area contributed by atoms with Crippen LogP contribution < -0.4 is 9.80 Å². The van der Waals surface area contributed by atoms with E-state index in [-0.39, 0.29) is 0 Å². The zero-order valence-corrected chi connectivity index (χ0v) is 16.1. The second kappa shape index (κ2) is 6.60. The summed E-state index contributed by atoms with van der Waals surface area (Å²) in [5.41, 5.74) is 8.60. The summed E-state index contributed by atoms with van der Waals surface area (Å²) in [6.07, 6.45) is 1.92. The molecule has 0 unspecified atom stereocenters. The van der Waals surface area contributed by atoms with Crippen LogP contribution >= 0.6 is 0 Å². The lowest BCUT2D eigenvalue weighted by Crippen LogP contribution is -2.47. The van der Waals surface area contributed by atoms with E-state index in [1.807, 2.05) is 6.20 Å². The molecule has 26 heavy (non-hydrogen) atoms. The fourth-order valence-electron chi connectivity index (χ4n) is 3.67. The van der Waals surface area contributed by atoms with Crippen molar-refractivity contribution in [1.29, 1.82) is 0 Å². The molecule has 1 fully saturated rings. The van der Waals surface area contributed by atoms with E-state index in [0.717, 1.165) is 43.0 Å². The average Bonchev–Trinajstić information content (AvgIpc) is 2.65. The largest absolute Gasteiger partial charge is 0.368 e. The van der Waals surface area contributed by atoms with Crippen LogP contribution in [0.1, 0.15) is 22.3 Å². The molecular formula is C22H26N4. The summed E-state index contributed by atoms with van der Waals surface area (Å²) in [5.74, 6) is 0.987. The number of hydrogen-bond donors (Lipinski definition) is 0. The minimum Gasteiger partial charge on any atom is -0.368 e. The fraction of sp³-hybridized carbons (Fsp3) is 0.364. The topological polar surface area (TPSA) is 32.3 Å². The van der Waals surface area contributed by atoms with Crippen LogP contribution in [-0.2, 0) is 0 Å². The summed E-state index contributed by atoms with van der Waals surface area (Å²) in [6.45, 7) is 12.6. The molecule has 4 rings (SSSR count).